The predicted octanol–water partition coefficient (Wildman–Crippen LogP) is 2.20. The van der Waals surface area contributed by atoms with Crippen molar-refractivity contribution >= 4 is 8.63 Å². The Morgan fingerprint density at radius 1 is 0.706 bits per heavy atom. The Labute approximate surface area is 98.2 Å². The van der Waals surface area contributed by atoms with Crippen molar-refractivity contribution in [3.63, 3.8) is 0 Å². The molecule has 17 heavy (non-hydrogen) atoms. The molecular weight excluding hydrogens is 266 g/mol. The first-order chi connectivity index (χ1) is 7.28. The zero-order chi connectivity index (χ0) is 14.7. The maximum absolute atomic E-state index is 10.8. The molecule has 0 radical (unpaired) electrons. The number of hydrogen-bond donors (Lipinski definition) is 2. The van der Waals surface area contributed by atoms with Crippen LogP contribution in [0.3, 0.4) is 0 Å². The number of hydrogen-bond acceptors (Lipinski definition) is 0. The minimum absolute atomic E-state index is 1.09. The summed E-state index contributed by atoms with van der Waals surface area (Å²) in [7, 11) is -10.8. The van der Waals surface area contributed by atoms with E-state index in [1.165, 1.54) is 25.7 Å². The van der Waals surface area contributed by atoms with Crippen molar-refractivity contribution in [3.05, 3.63) is 0 Å². The molecule has 0 spiro atoms. The quantitative estimate of drug-likeness (QED) is 0.453. The molecule has 0 unspecified atom stereocenters. The number of halogens is 6. The van der Waals surface area contributed by atoms with E-state index >= 15 is 0 Å². The summed E-state index contributed by atoms with van der Waals surface area (Å²) in [5.74, 6) is 0. The van der Waals surface area contributed by atoms with Crippen molar-refractivity contribution in [1.29, 1.82) is 0 Å². The second-order valence-corrected chi connectivity index (χ2v) is 5.63. The van der Waals surface area contributed by atoms with Gasteiger partial charge in [-0.3, -0.25) is 0 Å². The van der Waals surface area contributed by atoms with Crippen molar-refractivity contribution in [2.75, 3.05) is 13.1 Å². The standard InChI is InChI=1S/2C4H11N.F6Si/c2*1-2-3-4-5;1-7(2,3,4,5)6/h2*2-5H2,1H3;/q;;-2/p+2. The molecule has 0 aromatic rings. The molecule has 0 atom stereocenters. The van der Waals surface area contributed by atoms with Gasteiger partial charge in [-0.15, -0.1) is 0 Å². The van der Waals surface area contributed by atoms with E-state index in [9.17, 15) is 24.6 Å². The van der Waals surface area contributed by atoms with E-state index in [2.05, 4.69) is 25.3 Å². The van der Waals surface area contributed by atoms with Crippen LogP contribution < -0.4 is 11.5 Å². The van der Waals surface area contributed by atoms with Gasteiger partial charge in [0, 0.05) is 0 Å². The Balaban J connectivity index is -0.000000177. The maximum atomic E-state index is 9.88. The van der Waals surface area contributed by atoms with Crippen LogP contribution in [0.1, 0.15) is 39.5 Å². The van der Waals surface area contributed by atoms with E-state index in [4.69, 9.17) is 0 Å². The van der Waals surface area contributed by atoms with Gasteiger partial charge in [0.05, 0.1) is 13.1 Å². The summed E-state index contributed by atoms with van der Waals surface area (Å²) in [6.07, 6.45) is 5.12. The summed E-state index contributed by atoms with van der Waals surface area (Å²) >= 11 is 0. The van der Waals surface area contributed by atoms with Crippen molar-refractivity contribution in [2.45, 2.75) is 39.5 Å². The first-order valence-electron chi connectivity index (χ1n) is 5.55. The summed E-state index contributed by atoms with van der Waals surface area (Å²) in [4.78, 5) is 0. The van der Waals surface area contributed by atoms with Crippen LogP contribution in [0, 0.1) is 0 Å². The fraction of sp³-hybridized carbons (Fsp3) is 1.00. The second kappa shape index (κ2) is 7.93. The molecule has 6 N–H and O–H groups in total. The molecule has 0 rings (SSSR count). The zero-order valence-electron chi connectivity index (χ0n) is 10.4. The first-order valence-corrected chi connectivity index (χ1v) is 7.82. The predicted molar refractivity (Wildman–Crippen MR) is 57.7 cm³/mol. The van der Waals surface area contributed by atoms with Crippen LogP contribution in [0.4, 0.5) is 24.6 Å². The second-order valence-electron chi connectivity index (χ2n) is 3.49. The van der Waals surface area contributed by atoms with E-state index in [1.807, 2.05) is 0 Å². The SMILES string of the molecule is CCCC[NH3+].CCCC[NH3+].F[Si-2](F)(F)(F)(F)F. The van der Waals surface area contributed by atoms with Gasteiger partial charge >= 0.3 is 33.3 Å². The van der Waals surface area contributed by atoms with Gasteiger partial charge in [0.15, 0.2) is 0 Å². The molecule has 112 valence electrons. The number of unbranched alkanes of at least 4 members (excludes halogenated alkanes) is 2. The molecule has 0 aliphatic heterocycles. The monoisotopic (exact) mass is 290 g/mol. The van der Waals surface area contributed by atoms with E-state index in [0.29, 0.717) is 0 Å². The van der Waals surface area contributed by atoms with E-state index in [1.54, 1.807) is 0 Å². The zero-order valence-corrected chi connectivity index (χ0v) is 11.4. The van der Waals surface area contributed by atoms with Gasteiger partial charge in [0.1, 0.15) is 0 Å². The molecule has 0 aliphatic rings. The molecule has 0 saturated heterocycles. The third-order valence-electron chi connectivity index (χ3n) is 1.21. The molecule has 2 nitrogen and oxygen atoms in total. The van der Waals surface area contributed by atoms with Crippen LogP contribution in [0.25, 0.3) is 0 Å². The van der Waals surface area contributed by atoms with Gasteiger partial charge in [0.2, 0.25) is 0 Å². The van der Waals surface area contributed by atoms with Crippen LogP contribution >= 0.6 is 0 Å². The molecule has 0 saturated carbocycles. The molecular formula is C8H24F6N2Si. The Bertz CT molecular complexity index is 144. The molecule has 0 aromatic heterocycles. The van der Waals surface area contributed by atoms with Crippen molar-refractivity contribution in [1.82, 2.24) is 0 Å². The topological polar surface area (TPSA) is 55.3 Å². The van der Waals surface area contributed by atoms with Crippen molar-refractivity contribution in [3.8, 4) is 0 Å². The fourth-order valence-corrected chi connectivity index (χ4v) is 0.500. The third kappa shape index (κ3) is 214. The molecule has 0 aliphatic carbocycles. The third-order valence-corrected chi connectivity index (χ3v) is 1.21. The number of rotatable bonds is 4. The molecule has 0 heterocycles. The Morgan fingerprint density at radius 2 is 0.882 bits per heavy atom. The Morgan fingerprint density at radius 3 is 0.882 bits per heavy atom. The van der Waals surface area contributed by atoms with Crippen LogP contribution in [0.5, 0.6) is 0 Å². The average molecular weight is 290 g/mol. The van der Waals surface area contributed by atoms with Gasteiger partial charge in [-0.25, -0.2) is 0 Å². The number of quaternary nitrogens is 2. The minimum atomic E-state index is -10.8. The van der Waals surface area contributed by atoms with Crippen LogP contribution in [-0.4, -0.2) is 21.7 Å². The first kappa shape index (κ1) is 21.9. The Kier molecular flexibility index (Phi) is 10.2. The van der Waals surface area contributed by atoms with Gasteiger partial charge in [-0.05, 0) is 12.8 Å². The van der Waals surface area contributed by atoms with E-state index < -0.39 is 8.63 Å². The van der Waals surface area contributed by atoms with Gasteiger partial charge in [-0.2, -0.15) is 0 Å². The van der Waals surface area contributed by atoms with E-state index in [0.717, 1.165) is 13.1 Å². The molecule has 0 fully saturated rings. The average Bonchev–Trinajstić information content (AvgIpc) is 2.02. The van der Waals surface area contributed by atoms with Gasteiger partial charge < -0.3 is 11.5 Å². The molecule has 0 amide bonds. The summed E-state index contributed by atoms with van der Waals surface area (Å²) in [6.45, 7) is 6.53. The van der Waals surface area contributed by atoms with Crippen LogP contribution in [-0.2, 0) is 0 Å². The van der Waals surface area contributed by atoms with Crippen molar-refractivity contribution in [2.24, 2.45) is 0 Å². The summed E-state index contributed by atoms with van der Waals surface area (Å²) in [6, 6.07) is 0. The van der Waals surface area contributed by atoms with E-state index in [-0.39, 0.29) is 0 Å². The van der Waals surface area contributed by atoms with Crippen LogP contribution in [0.2, 0.25) is 0 Å². The molecule has 9 heteroatoms. The van der Waals surface area contributed by atoms with Crippen molar-refractivity contribution < 1.29 is 36.1 Å². The molecule has 0 aromatic carbocycles. The summed E-state index contributed by atoms with van der Waals surface area (Å²) in [5, 5.41) is 0. The van der Waals surface area contributed by atoms with Crippen LogP contribution in [0.15, 0.2) is 0 Å². The summed E-state index contributed by atoms with van der Waals surface area (Å²) in [5.41, 5.74) is 7.35. The normalized spacial score (nSPS) is 14.5. The van der Waals surface area contributed by atoms with Gasteiger partial charge in [-0.1, -0.05) is 26.7 Å². The fourth-order valence-electron chi connectivity index (χ4n) is 0.500. The Hall–Kier alpha value is -0.283. The summed E-state index contributed by atoms with van der Waals surface area (Å²) < 4.78 is 59.3. The van der Waals surface area contributed by atoms with Gasteiger partial charge in [0.25, 0.3) is 0 Å². The molecule has 0 bridgehead atoms.